The molecular formula is C6H5BClF3N-. The second-order valence-corrected chi connectivity index (χ2v) is 2.76. The Bertz CT molecular complexity index is 299. The highest BCUT2D eigenvalue weighted by Gasteiger charge is 2.27. The molecule has 0 aliphatic carbocycles. The van der Waals surface area contributed by atoms with E-state index >= 15 is 0 Å². The van der Waals surface area contributed by atoms with Crippen LogP contribution in [0.4, 0.5) is 18.6 Å². The van der Waals surface area contributed by atoms with Gasteiger partial charge in [-0.3, -0.25) is 0 Å². The zero-order chi connectivity index (χ0) is 9.35. The molecule has 0 spiro atoms. The molecular weight excluding hydrogens is 189 g/mol. The highest BCUT2D eigenvalue weighted by molar-refractivity contribution is 6.76. The number of rotatable bonds is 1. The Hall–Kier alpha value is -0.835. The predicted octanol–water partition coefficient (Wildman–Crippen LogP) is 1.98. The van der Waals surface area contributed by atoms with Crippen LogP contribution in [0.1, 0.15) is 0 Å². The molecule has 0 bridgehead atoms. The molecule has 1 aromatic rings. The van der Waals surface area contributed by atoms with E-state index in [0.717, 1.165) is 12.1 Å². The molecule has 1 aromatic carbocycles. The maximum atomic E-state index is 12.2. The molecule has 12 heavy (non-hydrogen) atoms. The van der Waals surface area contributed by atoms with E-state index in [1.54, 1.807) is 0 Å². The summed E-state index contributed by atoms with van der Waals surface area (Å²) in [6.45, 7) is -5.06. The number of hydrogen-bond donors (Lipinski definition) is 1. The minimum absolute atomic E-state index is 0.0635. The summed E-state index contributed by atoms with van der Waals surface area (Å²) in [4.78, 5) is 0. The lowest BCUT2D eigenvalue weighted by Gasteiger charge is -2.16. The van der Waals surface area contributed by atoms with Crippen molar-refractivity contribution in [2.75, 3.05) is 5.73 Å². The molecule has 0 amide bonds. The second kappa shape index (κ2) is 2.90. The van der Waals surface area contributed by atoms with Gasteiger partial charge in [-0.2, -0.15) is 0 Å². The first-order valence-corrected chi connectivity index (χ1v) is 3.54. The van der Waals surface area contributed by atoms with Crippen molar-refractivity contribution in [1.29, 1.82) is 0 Å². The minimum Gasteiger partial charge on any atom is -0.445 e. The van der Waals surface area contributed by atoms with Crippen LogP contribution < -0.4 is 11.2 Å². The molecule has 1 rings (SSSR count). The molecule has 0 saturated heterocycles. The van der Waals surface area contributed by atoms with Crippen LogP contribution in [0.5, 0.6) is 0 Å². The molecule has 0 saturated carbocycles. The van der Waals surface area contributed by atoms with E-state index in [-0.39, 0.29) is 10.7 Å². The summed E-state index contributed by atoms with van der Waals surface area (Å²) in [5, 5.41) is -0.309. The zero-order valence-electron chi connectivity index (χ0n) is 5.90. The SMILES string of the molecule is Nc1ccc(Cl)c([B-](F)(F)F)c1. The molecule has 2 N–H and O–H groups in total. The topological polar surface area (TPSA) is 26.0 Å². The van der Waals surface area contributed by atoms with Gasteiger partial charge in [-0.25, -0.2) is 0 Å². The van der Waals surface area contributed by atoms with Gasteiger partial charge in [0.25, 0.3) is 0 Å². The van der Waals surface area contributed by atoms with E-state index in [1.165, 1.54) is 6.07 Å². The van der Waals surface area contributed by atoms with Gasteiger partial charge >= 0.3 is 6.98 Å². The van der Waals surface area contributed by atoms with Crippen molar-refractivity contribution in [3.63, 3.8) is 0 Å². The van der Waals surface area contributed by atoms with Crippen LogP contribution in [0, 0.1) is 0 Å². The van der Waals surface area contributed by atoms with Crippen LogP contribution in [-0.2, 0) is 0 Å². The summed E-state index contributed by atoms with van der Waals surface area (Å²) < 4.78 is 36.5. The summed E-state index contributed by atoms with van der Waals surface area (Å²) in [5.41, 5.74) is 4.40. The summed E-state index contributed by atoms with van der Waals surface area (Å²) >= 11 is 5.32. The number of anilines is 1. The largest absolute Gasteiger partial charge is 0.511 e. The van der Waals surface area contributed by atoms with Crippen molar-refractivity contribution in [3.05, 3.63) is 23.2 Å². The Morgan fingerprint density at radius 1 is 1.25 bits per heavy atom. The summed E-state index contributed by atoms with van der Waals surface area (Å²) in [6.07, 6.45) is 0. The van der Waals surface area contributed by atoms with Crippen LogP contribution in [0.25, 0.3) is 0 Å². The van der Waals surface area contributed by atoms with Crippen molar-refractivity contribution in [1.82, 2.24) is 0 Å². The molecule has 6 heteroatoms. The Morgan fingerprint density at radius 2 is 1.83 bits per heavy atom. The van der Waals surface area contributed by atoms with E-state index in [1.807, 2.05) is 0 Å². The standard InChI is InChI=1S/C6H5BClF3N/c8-6-2-1-4(12)3-5(6)7(9,10)11/h1-3H,12H2/q-1. The fraction of sp³-hybridized carbons (Fsp3) is 0. The van der Waals surface area contributed by atoms with E-state index < -0.39 is 12.4 Å². The van der Waals surface area contributed by atoms with Crippen LogP contribution in [0.2, 0.25) is 5.02 Å². The van der Waals surface area contributed by atoms with Crippen molar-refractivity contribution in [3.8, 4) is 0 Å². The number of nitrogen functional groups attached to an aromatic ring is 1. The van der Waals surface area contributed by atoms with E-state index in [4.69, 9.17) is 17.3 Å². The normalized spacial score (nSPS) is 11.7. The lowest BCUT2D eigenvalue weighted by molar-refractivity contribution is 0.501. The van der Waals surface area contributed by atoms with Gasteiger partial charge in [-0.05, 0) is 12.1 Å². The fourth-order valence-corrected chi connectivity index (χ4v) is 1.05. The second-order valence-electron chi connectivity index (χ2n) is 2.36. The Kier molecular flexibility index (Phi) is 2.23. The Morgan fingerprint density at radius 3 is 2.25 bits per heavy atom. The highest BCUT2D eigenvalue weighted by atomic mass is 35.5. The molecule has 0 atom stereocenters. The summed E-state index contributed by atoms with van der Waals surface area (Å²) in [5.74, 6) is 0. The van der Waals surface area contributed by atoms with Gasteiger partial charge in [0.1, 0.15) is 0 Å². The third-order valence-corrected chi connectivity index (χ3v) is 1.72. The molecule has 0 aliphatic rings. The van der Waals surface area contributed by atoms with Crippen molar-refractivity contribution in [2.45, 2.75) is 0 Å². The van der Waals surface area contributed by atoms with Gasteiger partial charge in [0.05, 0.1) is 0 Å². The van der Waals surface area contributed by atoms with E-state index in [9.17, 15) is 12.9 Å². The van der Waals surface area contributed by atoms with Gasteiger partial charge in [-0.15, -0.1) is 0 Å². The van der Waals surface area contributed by atoms with Crippen LogP contribution in [-0.4, -0.2) is 6.98 Å². The van der Waals surface area contributed by atoms with E-state index in [0.29, 0.717) is 0 Å². The number of nitrogens with two attached hydrogens (primary N) is 1. The Labute approximate surface area is 72.4 Å². The van der Waals surface area contributed by atoms with Gasteiger partial charge in [0, 0.05) is 10.7 Å². The monoisotopic (exact) mass is 194 g/mol. The lowest BCUT2D eigenvalue weighted by Crippen LogP contribution is -2.35. The molecule has 0 aromatic heterocycles. The van der Waals surface area contributed by atoms with Gasteiger partial charge in [0.2, 0.25) is 0 Å². The Balaban J connectivity index is 3.23. The summed E-state index contributed by atoms with van der Waals surface area (Å²) in [6, 6.07) is 3.30. The first-order valence-electron chi connectivity index (χ1n) is 3.16. The number of hydrogen-bond acceptors (Lipinski definition) is 1. The number of halogens is 4. The third kappa shape index (κ3) is 1.85. The fourth-order valence-electron chi connectivity index (χ4n) is 0.813. The molecule has 0 fully saturated rings. The minimum atomic E-state index is -5.06. The van der Waals surface area contributed by atoms with Crippen LogP contribution >= 0.6 is 11.6 Å². The molecule has 0 radical (unpaired) electrons. The average molecular weight is 194 g/mol. The van der Waals surface area contributed by atoms with Crippen LogP contribution in [0.3, 0.4) is 0 Å². The van der Waals surface area contributed by atoms with Gasteiger partial charge < -0.3 is 18.7 Å². The maximum Gasteiger partial charge on any atom is 0.511 e. The van der Waals surface area contributed by atoms with E-state index in [2.05, 4.69) is 0 Å². The van der Waals surface area contributed by atoms with Gasteiger partial charge in [-0.1, -0.05) is 23.1 Å². The van der Waals surface area contributed by atoms with Crippen molar-refractivity contribution >= 4 is 29.7 Å². The molecule has 0 unspecified atom stereocenters. The molecule has 66 valence electrons. The first kappa shape index (κ1) is 9.25. The number of benzene rings is 1. The smallest absolute Gasteiger partial charge is 0.445 e. The summed E-state index contributed by atoms with van der Waals surface area (Å²) in [7, 11) is 0. The third-order valence-electron chi connectivity index (χ3n) is 1.37. The quantitative estimate of drug-likeness (QED) is 0.537. The molecule has 0 heterocycles. The predicted molar refractivity (Wildman–Crippen MR) is 44.6 cm³/mol. The van der Waals surface area contributed by atoms with Crippen molar-refractivity contribution in [2.24, 2.45) is 0 Å². The van der Waals surface area contributed by atoms with Crippen LogP contribution in [0.15, 0.2) is 18.2 Å². The lowest BCUT2D eigenvalue weighted by atomic mass is 9.80. The highest BCUT2D eigenvalue weighted by Crippen LogP contribution is 2.17. The molecule has 0 aliphatic heterocycles. The van der Waals surface area contributed by atoms with Gasteiger partial charge in [0.15, 0.2) is 0 Å². The first-order chi connectivity index (χ1) is 5.41. The maximum absolute atomic E-state index is 12.2. The average Bonchev–Trinajstić information content (AvgIpc) is 1.92. The molecule has 1 nitrogen and oxygen atoms in total. The van der Waals surface area contributed by atoms with Crippen molar-refractivity contribution < 1.29 is 12.9 Å². The zero-order valence-corrected chi connectivity index (χ0v) is 6.65.